The van der Waals surface area contributed by atoms with Gasteiger partial charge in [-0.15, -0.1) is 0 Å². The van der Waals surface area contributed by atoms with Crippen LogP contribution in [0.25, 0.3) is 32.8 Å². The van der Waals surface area contributed by atoms with Gasteiger partial charge in [-0.1, -0.05) is 41.4 Å². The van der Waals surface area contributed by atoms with Crippen LogP contribution in [0.3, 0.4) is 0 Å². The van der Waals surface area contributed by atoms with Crippen LogP contribution < -0.4 is 9.64 Å². The van der Waals surface area contributed by atoms with Crippen molar-refractivity contribution in [3.63, 3.8) is 0 Å². The number of carboxylic acids is 1. The highest BCUT2D eigenvalue weighted by Gasteiger charge is 2.36. The summed E-state index contributed by atoms with van der Waals surface area (Å²) >= 11 is 13.4. The Kier molecular flexibility index (Phi) is 8.65. The molecule has 50 heavy (non-hydrogen) atoms. The first kappa shape index (κ1) is 33.7. The van der Waals surface area contributed by atoms with Crippen molar-refractivity contribution in [2.75, 3.05) is 18.1 Å². The van der Waals surface area contributed by atoms with Crippen molar-refractivity contribution < 1.29 is 19.4 Å². The first-order chi connectivity index (χ1) is 23.8. The normalized spacial score (nSPS) is 14.5. The largest absolute Gasteiger partial charge is 0.494 e. The fraction of sp³-hybridized carbons (Fsp3) is 0.275. The highest BCUT2D eigenvalue weighted by molar-refractivity contribution is 6.35. The topological polar surface area (TPSA) is 89.6 Å². The molecule has 1 unspecified atom stereocenters. The van der Waals surface area contributed by atoms with Crippen LogP contribution in [0.4, 0.5) is 5.69 Å². The van der Waals surface area contributed by atoms with Crippen molar-refractivity contribution in [1.82, 2.24) is 14.3 Å². The van der Waals surface area contributed by atoms with Gasteiger partial charge in [-0.05, 0) is 117 Å². The molecule has 1 atom stereocenters. The number of anilines is 1. The maximum atomic E-state index is 14.8. The van der Waals surface area contributed by atoms with E-state index >= 15 is 0 Å². The summed E-state index contributed by atoms with van der Waals surface area (Å²) in [5, 5.41) is 18.2. The Hall–Kier alpha value is -4.79. The van der Waals surface area contributed by atoms with E-state index in [0.717, 1.165) is 77.3 Å². The number of aromatic carboxylic acids is 1. The van der Waals surface area contributed by atoms with Crippen LogP contribution in [-0.4, -0.2) is 44.5 Å². The summed E-state index contributed by atoms with van der Waals surface area (Å²) in [5.41, 5.74) is 9.18. The number of benzene rings is 4. The van der Waals surface area contributed by atoms with E-state index in [9.17, 15) is 14.7 Å². The summed E-state index contributed by atoms with van der Waals surface area (Å²) in [7, 11) is 1.93. The minimum Gasteiger partial charge on any atom is -0.494 e. The van der Waals surface area contributed by atoms with E-state index in [1.54, 1.807) is 18.2 Å². The smallest absolute Gasteiger partial charge is 0.335 e. The molecule has 0 aliphatic carbocycles. The van der Waals surface area contributed by atoms with Crippen LogP contribution in [0.15, 0.2) is 60.7 Å². The van der Waals surface area contributed by atoms with Gasteiger partial charge in [-0.25, -0.2) is 4.79 Å². The molecule has 1 aliphatic heterocycles. The minimum absolute atomic E-state index is 0.0881. The van der Waals surface area contributed by atoms with E-state index < -0.39 is 5.97 Å². The van der Waals surface area contributed by atoms with Crippen molar-refractivity contribution >= 4 is 62.4 Å². The van der Waals surface area contributed by atoms with Gasteiger partial charge in [0.2, 0.25) is 0 Å². The van der Waals surface area contributed by atoms with Gasteiger partial charge >= 0.3 is 5.97 Å². The molecule has 7 rings (SSSR count). The number of carbonyl (C=O) groups excluding carboxylic acids is 1. The van der Waals surface area contributed by atoms with Crippen molar-refractivity contribution in [1.29, 1.82) is 0 Å². The number of carbonyl (C=O) groups is 2. The number of fused-ring (bicyclic) bond motifs is 4. The van der Waals surface area contributed by atoms with Crippen LogP contribution in [0.1, 0.15) is 68.3 Å². The monoisotopic (exact) mass is 708 g/mol. The molecule has 1 amide bonds. The second-order valence-electron chi connectivity index (χ2n) is 13.3. The van der Waals surface area contributed by atoms with Gasteiger partial charge in [0.15, 0.2) is 0 Å². The summed E-state index contributed by atoms with van der Waals surface area (Å²) in [6.07, 6.45) is 1.29. The molecule has 0 saturated carbocycles. The molecule has 6 aromatic rings. The number of hydrogen-bond donors (Lipinski definition) is 1. The third-order valence-corrected chi connectivity index (χ3v) is 10.9. The Labute approximate surface area is 300 Å². The zero-order valence-electron chi connectivity index (χ0n) is 28.9. The van der Waals surface area contributed by atoms with Gasteiger partial charge in [0.1, 0.15) is 11.4 Å². The van der Waals surface area contributed by atoms with Crippen LogP contribution in [0, 0.1) is 27.7 Å². The Bertz CT molecular complexity index is 2350. The van der Waals surface area contributed by atoms with Crippen molar-refractivity contribution in [2.24, 2.45) is 7.05 Å². The maximum Gasteiger partial charge on any atom is 0.335 e. The van der Waals surface area contributed by atoms with E-state index in [1.165, 1.54) is 0 Å². The third-order valence-electron chi connectivity index (χ3n) is 9.95. The van der Waals surface area contributed by atoms with Gasteiger partial charge in [0.05, 0.1) is 28.4 Å². The van der Waals surface area contributed by atoms with E-state index in [2.05, 4.69) is 11.5 Å². The number of amides is 1. The minimum atomic E-state index is -0.976. The van der Waals surface area contributed by atoms with Crippen molar-refractivity contribution in [2.45, 2.75) is 53.5 Å². The van der Waals surface area contributed by atoms with Crippen molar-refractivity contribution in [3.8, 4) is 16.9 Å². The molecule has 0 bridgehead atoms. The van der Waals surface area contributed by atoms with E-state index in [-0.39, 0.29) is 17.5 Å². The molecule has 0 spiro atoms. The Morgan fingerprint density at radius 1 is 0.960 bits per heavy atom. The average molecular weight is 710 g/mol. The van der Waals surface area contributed by atoms with Gasteiger partial charge in [0, 0.05) is 52.6 Å². The molecule has 0 saturated heterocycles. The zero-order chi connectivity index (χ0) is 35.6. The van der Waals surface area contributed by atoms with Crippen LogP contribution in [-0.2, 0) is 13.5 Å². The lowest BCUT2D eigenvalue weighted by Crippen LogP contribution is -2.42. The number of aryl methyl sites for hydroxylation is 5. The lowest BCUT2D eigenvalue weighted by Gasteiger charge is -2.34. The molecule has 4 aromatic carbocycles. The van der Waals surface area contributed by atoms with Crippen LogP contribution >= 0.6 is 23.2 Å². The molecule has 1 aliphatic rings. The summed E-state index contributed by atoms with van der Waals surface area (Å²) in [6, 6.07) is 18.5. The van der Waals surface area contributed by atoms with E-state index in [4.69, 9.17) is 33.0 Å². The second kappa shape index (κ2) is 12.8. The molecule has 1 N–H and O–H groups in total. The number of nitrogens with zero attached hydrogens (tertiary/aromatic N) is 4. The lowest BCUT2D eigenvalue weighted by atomic mass is 9.98. The Morgan fingerprint density at radius 2 is 1.66 bits per heavy atom. The first-order valence-electron chi connectivity index (χ1n) is 16.7. The number of aromatic nitrogens is 3. The standard InChI is InChI=1S/C40H38Cl2N4O4/c1-21-16-30(17-22(2)36(21)42)50-15-7-8-31-32-13-14-33(41)35(34-24(4)43-44(6)25(34)5)37(32)46-23(3)20-45(39(47)38(31)46)29-12-11-26-18-28(40(48)49)10-9-27(26)19-29/h9-14,16-19,23H,7-8,15,20H2,1-6H3,(H,48,49). The van der Waals surface area contributed by atoms with E-state index in [0.29, 0.717) is 36.7 Å². The molecule has 0 radical (unpaired) electrons. The maximum absolute atomic E-state index is 14.8. The summed E-state index contributed by atoms with van der Waals surface area (Å²) < 4.78 is 10.2. The molecule has 2 aromatic heterocycles. The molecule has 0 fully saturated rings. The van der Waals surface area contributed by atoms with Crippen molar-refractivity contribution in [3.05, 3.63) is 110 Å². The second-order valence-corrected chi connectivity index (χ2v) is 14.1. The number of hydrogen-bond acceptors (Lipinski definition) is 4. The predicted molar refractivity (Wildman–Crippen MR) is 201 cm³/mol. The summed E-state index contributed by atoms with van der Waals surface area (Å²) in [5.74, 6) is -0.300. The number of ether oxygens (including phenoxy) is 1. The van der Waals surface area contributed by atoms with Gasteiger partial charge in [-0.3, -0.25) is 9.48 Å². The average Bonchev–Trinajstić information content (AvgIpc) is 3.55. The van der Waals surface area contributed by atoms with Crippen LogP contribution in [0.2, 0.25) is 10.0 Å². The molecule has 3 heterocycles. The fourth-order valence-electron chi connectivity index (χ4n) is 7.49. The van der Waals surface area contributed by atoms with Crippen LogP contribution in [0.5, 0.6) is 5.75 Å². The summed E-state index contributed by atoms with van der Waals surface area (Å²) in [4.78, 5) is 28.2. The lowest BCUT2D eigenvalue weighted by molar-refractivity contribution is 0.0696. The fourth-order valence-corrected chi connectivity index (χ4v) is 7.84. The molecular weight excluding hydrogens is 671 g/mol. The van der Waals surface area contributed by atoms with Gasteiger partial charge in [-0.2, -0.15) is 5.10 Å². The van der Waals surface area contributed by atoms with E-state index in [1.807, 2.05) is 86.8 Å². The third kappa shape index (κ3) is 5.60. The molecule has 10 heteroatoms. The highest BCUT2D eigenvalue weighted by Crippen LogP contribution is 2.45. The quantitative estimate of drug-likeness (QED) is 0.159. The SMILES string of the molecule is Cc1cc(OCCCc2c3n(c4c(-c5c(C)nn(C)c5C)c(Cl)ccc24)C(C)CN(c2ccc4cc(C(=O)O)ccc4c2)C3=O)cc(C)c1Cl. The Balaban J connectivity index is 1.34. The number of halogens is 2. The number of carboxylic acid groups (broad SMARTS) is 1. The van der Waals surface area contributed by atoms with Gasteiger partial charge < -0.3 is 19.3 Å². The highest BCUT2D eigenvalue weighted by atomic mass is 35.5. The molecule has 8 nitrogen and oxygen atoms in total. The predicted octanol–water partition coefficient (Wildman–Crippen LogP) is 9.67. The molecular formula is C40H38Cl2N4O4. The summed E-state index contributed by atoms with van der Waals surface area (Å²) in [6.45, 7) is 11.0. The Morgan fingerprint density at radius 3 is 2.34 bits per heavy atom. The molecule has 256 valence electrons. The van der Waals surface area contributed by atoms with Gasteiger partial charge in [0.25, 0.3) is 5.91 Å². The number of rotatable bonds is 8. The first-order valence-corrected chi connectivity index (χ1v) is 17.5. The zero-order valence-corrected chi connectivity index (χ0v) is 30.4.